The van der Waals surface area contributed by atoms with E-state index in [1.54, 1.807) is 42.0 Å². The summed E-state index contributed by atoms with van der Waals surface area (Å²) in [6.45, 7) is 8.24. The molecule has 1 N–H and O–H groups in total. The molecule has 0 amide bonds. The summed E-state index contributed by atoms with van der Waals surface area (Å²) in [5, 5.41) is 0.687. The lowest BCUT2D eigenvalue weighted by molar-refractivity contribution is -0.193. The third-order valence-corrected chi connectivity index (χ3v) is 9.01. The first-order valence-electron chi connectivity index (χ1n) is 11.2. The lowest BCUT2D eigenvalue weighted by atomic mass is 10.2. The number of hydrogen-bond acceptors (Lipinski definition) is 5. The van der Waals surface area contributed by atoms with Gasteiger partial charge >= 0.3 is 6.18 Å². The predicted molar refractivity (Wildman–Crippen MR) is 138 cm³/mol. The van der Waals surface area contributed by atoms with Gasteiger partial charge in [0.15, 0.2) is 0 Å². The summed E-state index contributed by atoms with van der Waals surface area (Å²) in [6.07, 6.45) is -5.58. The molecule has 1 atom stereocenters. The number of aryl methyl sites for hydroxylation is 1. The Morgan fingerprint density at radius 2 is 1.83 bits per heavy atom. The molecule has 1 unspecified atom stereocenters. The maximum atomic E-state index is 13.8. The highest BCUT2D eigenvalue weighted by atomic mass is 79.9. The minimum absolute atomic E-state index is 0.137. The van der Waals surface area contributed by atoms with Crippen LogP contribution in [-0.4, -0.2) is 51.5 Å². The van der Waals surface area contributed by atoms with Gasteiger partial charge in [-0.15, -0.1) is 0 Å². The van der Waals surface area contributed by atoms with E-state index in [9.17, 15) is 21.6 Å². The normalized spacial score (nSPS) is 13.8. The Kier molecular flexibility index (Phi) is 8.92. The first kappa shape index (κ1) is 28.6. The molecule has 198 valence electrons. The van der Waals surface area contributed by atoms with E-state index in [1.165, 1.54) is 12.1 Å². The van der Waals surface area contributed by atoms with Crippen molar-refractivity contribution in [2.45, 2.75) is 56.5 Å². The molecule has 0 radical (unpaired) electrons. The number of rotatable bonds is 11. The van der Waals surface area contributed by atoms with Crippen LogP contribution in [0.25, 0.3) is 11.0 Å². The van der Waals surface area contributed by atoms with Crippen LogP contribution in [0.4, 0.5) is 13.2 Å². The Balaban J connectivity index is 1.77. The minimum Gasteiger partial charge on any atom is -0.462 e. The molecule has 0 aliphatic heterocycles. The van der Waals surface area contributed by atoms with Gasteiger partial charge < -0.3 is 14.0 Å². The van der Waals surface area contributed by atoms with Gasteiger partial charge in [-0.25, -0.2) is 13.1 Å². The lowest BCUT2D eigenvalue weighted by Gasteiger charge is -2.22. The standard InChI is InChI=1S/C23H29BrF3N3O4SSi/c1-16-5-7-18(8-6-16)35(31,32)28-14-20(23(25,26)27)34-22-19(24)13-17-9-10-30(21(17)29-22)15-33-11-12-36(2,3)4/h5-10,13,20,28H,11-12,14-15H2,1-4H3. The van der Waals surface area contributed by atoms with Crippen LogP contribution in [0.15, 0.2) is 52.0 Å². The summed E-state index contributed by atoms with van der Waals surface area (Å²) in [6, 6.07) is 10.1. The van der Waals surface area contributed by atoms with E-state index >= 15 is 0 Å². The number of ether oxygens (including phenoxy) is 2. The Morgan fingerprint density at radius 1 is 1.17 bits per heavy atom. The number of sulfonamides is 1. The van der Waals surface area contributed by atoms with Crippen molar-refractivity contribution in [2.24, 2.45) is 0 Å². The molecule has 2 aromatic heterocycles. The van der Waals surface area contributed by atoms with E-state index in [0.29, 0.717) is 17.6 Å². The van der Waals surface area contributed by atoms with Crippen LogP contribution >= 0.6 is 15.9 Å². The van der Waals surface area contributed by atoms with Crippen molar-refractivity contribution < 1.29 is 31.1 Å². The van der Waals surface area contributed by atoms with Gasteiger partial charge in [-0.05, 0) is 53.2 Å². The third kappa shape index (κ3) is 7.78. The van der Waals surface area contributed by atoms with Gasteiger partial charge in [0, 0.05) is 26.3 Å². The van der Waals surface area contributed by atoms with Crippen LogP contribution in [0.1, 0.15) is 5.56 Å². The van der Waals surface area contributed by atoms with Crippen LogP contribution in [-0.2, 0) is 21.5 Å². The molecule has 36 heavy (non-hydrogen) atoms. The Bertz CT molecular complexity index is 1290. The van der Waals surface area contributed by atoms with E-state index in [4.69, 9.17) is 9.47 Å². The fourth-order valence-corrected chi connectivity index (χ4v) is 5.36. The van der Waals surface area contributed by atoms with Crippen LogP contribution in [0, 0.1) is 6.92 Å². The number of fused-ring (bicyclic) bond motifs is 1. The van der Waals surface area contributed by atoms with Crippen molar-refractivity contribution in [1.82, 2.24) is 14.3 Å². The molecular weight excluding hydrogens is 579 g/mol. The Labute approximate surface area is 218 Å². The average molecular weight is 609 g/mol. The van der Waals surface area contributed by atoms with Crippen molar-refractivity contribution in [2.75, 3.05) is 13.2 Å². The molecule has 0 spiro atoms. The number of nitrogens with one attached hydrogen (secondary N) is 1. The molecule has 0 saturated heterocycles. The monoisotopic (exact) mass is 607 g/mol. The second-order valence-corrected chi connectivity index (χ2v) is 17.9. The molecule has 2 heterocycles. The molecule has 0 fully saturated rings. The summed E-state index contributed by atoms with van der Waals surface area (Å²) in [4.78, 5) is 4.14. The molecule has 0 saturated carbocycles. The van der Waals surface area contributed by atoms with E-state index in [-0.39, 0.29) is 22.0 Å². The molecule has 0 bridgehead atoms. The second-order valence-electron chi connectivity index (χ2n) is 9.63. The van der Waals surface area contributed by atoms with Gasteiger partial charge in [-0.1, -0.05) is 37.3 Å². The summed E-state index contributed by atoms with van der Waals surface area (Å²) in [5.41, 5.74) is 1.21. The third-order valence-electron chi connectivity index (χ3n) is 5.29. The predicted octanol–water partition coefficient (Wildman–Crippen LogP) is 5.71. The highest BCUT2D eigenvalue weighted by Crippen LogP contribution is 2.32. The molecule has 0 aliphatic carbocycles. The van der Waals surface area contributed by atoms with E-state index in [0.717, 1.165) is 11.6 Å². The van der Waals surface area contributed by atoms with Crippen molar-refractivity contribution >= 4 is 45.1 Å². The molecule has 3 rings (SSSR count). The van der Waals surface area contributed by atoms with Gasteiger partial charge in [0.05, 0.1) is 15.9 Å². The fraction of sp³-hybridized carbons (Fsp3) is 0.435. The van der Waals surface area contributed by atoms with Gasteiger partial charge in [0.25, 0.3) is 0 Å². The van der Waals surface area contributed by atoms with E-state index in [2.05, 4.69) is 40.6 Å². The van der Waals surface area contributed by atoms with Gasteiger partial charge in [-0.2, -0.15) is 18.2 Å². The summed E-state index contributed by atoms with van der Waals surface area (Å²) in [7, 11) is -5.43. The Hall–Kier alpha value is -1.93. The molecule has 0 aliphatic rings. The first-order valence-corrected chi connectivity index (χ1v) is 17.2. The molecule has 3 aromatic rings. The van der Waals surface area contributed by atoms with Crippen molar-refractivity contribution in [3.05, 3.63) is 52.6 Å². The van der Waals surface area contributed by atoms with E-state index in [1.807, 2.05) is 4.72 Å². The number of pyridine rings is 1. The maximum Gasteiger partial charge on any atom is 0.426 e. The zero-order valence-corrected chi connectivity index (χ0v) is 23.8. The fourth-order valence-electron chi connectivity index (χ4n) is 3.14. The smallest absolute Gasteiger partial charge is 0.426 e. The zero-order valence-electron chi connectivity index (χ0n) is 20.4. The van der Waals surface area contributed by atoms with Gasteiger partial charge in [-0.3, -0.25) is 0 Å². The van der Waals surface area contributed by atoms with Crippen molar-refractivity contribution in [1.29, 1.82) is 0 Å². The van der Waals surface area contributed by atoms with Crippen LogP contribution < -0.4 is 9.46 Å². The molecular formula is C23H29BrF3N3O4SSi. The quantitative estimate of drug-likeness (QED) is 0.223. The first-order chi connectivity index (χ1) is 16.7. The maximum absolute atomic E-state index is 13.8. The summed E-state index contributed by atoms with van der Waals surface area (Å²) >= 11 is 3.21. The van der Waals surface area contributed by atoms with Gasteiger partial charge in [0.1, 0.15) is 12.4 Å². The van der Waals surface area contributed by atoms with Crippen LogP contribution in [0.5, 0.6) is 5.88 Å². The SMILES string of the molecule is Cc1ccc(S(=O)(=O)NCC(Oc2nc3c(ccn3COCC[Si](C)(C)C)cc2Br)C(F)(F)F)cc1. The molecule has 7 nitrogen and oxygen atoms in total. The number of hydrogen-bond donors (Lipinski definition) is 1. The van der Waals surface area contributed by atoms with Gasteiger partial charge in [0.2, 0.25) is 22.0 Å². The van der Waals surface area contributed by atoms with Crippen molar-refractivity contribution in [3.63, 3.8) is 0 Å². The molecule has 13 heteroatoms. The topological polar surface area (TPSA) is 82.5 Å². The number of alkyl halides is 3. The second kappa shape index (κ2) is 11.2. The zero-order chi connectivity index (χ0) is 26.7. The van der Waals surface area contributed by atoms with Crippen LogP contribution in [0.2, 0.25) is 25.7 Å². The largest absolute Gasteiger partial charge is 0.462 e. The minimum atomic E-state index is -4.85. The number of aromatic nitrogens is 2. The molecule has 1 aromatic carbocycles. The number of halogens is 4. The van der Waals surface area contributed by atoms with E-state index < -0.39 is 36.9 Å². The number of benzene rings is 1. The Morgan fingerprint density at radius 3 is 2.44 bits per heavy atom. The highest BCUT2D eigenvalue weighted by Gasteiger charge is 2.43. The lowest BCUT2D eigenvalue weighted by Crippen LogP contribution is -2.44. The average Bonchev–Trinajstić information content (AvgIpc) is 3.14. The number of nitrogens with zero attached hydrogens (tertiary/aromatic N) is 2. The summed E-state index contributed by atoms with van der Waals surface area (Å²) < 4.78 is 81.2. The highest BCUT2D eigenvalue weighted by molar-refractivity contribution is 9.10. The van der Waals surface area contributed by atoms with Crippen LogP contribution in [0.3, 0.4) is 0 Å². The van der Waals surface area contributed by atoms with Crippen molar-refractivity contribution in [3.8, 4) is 5.88 Å². The summed E-state index contributed by atoms with van der Waals surface area (Å²) in [5.74, 6) is -0.304.